The van der Waals surface area contributed by atoms with Gasteiger partial charge in [-0.2, -0.15) is 18.3 Å². The number of hydrogen-bond acceptors (Lipinski definition) is 2. The van der Waals surface area contributed by atoms with Crippen LogP contribution in [0.15, 0.2) is 30.5 Å². The number of rotatable bonds is 2. The molecule has 1 aromatic heterocycles. The number of aromatic nitrogens is 2. The smallest absolute Gasteiger partial charge is 0.294 e. The molecule has 1 aromatic carbocycles. The van der Waals surface area contributed by atoms with Crippen LogP contribution < -0.4 is 0 Å². The molecule has 0 saturated carbocycles. The summed E-state index contributed by atoms with van der Waals surface area (Å²) >= 11 is 5.89. The van der Waals surface area contributed by atoms with Crippen LogP contribution in [-0.4, -0.2) is 15.6 Å². The maximum atomic E-state index is 12.4. The number of carbonyl (C=O) groups excluding carboxylic acids is 1. The first kappa shape index (κ1) is 13.6. The Hall–Kier alpha value is -1.82. The Labute approximate surface area is 111 Å². The minimum absolute atomic E-state index is 0.175. The molecule has 0 aliphatic carbocycles. The number of nitrogens with zero attached hydrogens (tertiary/aromatic N) is 2. The minimum atomic E-state index is -4.49. The molecule has 0 saturated heterocycles. The van der Waals surface area contributed by atoms with Crippen LogP contribution in [0, 0.1) is 0 Å². The van der Waals surface area contributed by atoms with Crippen molar-refractivity contribution in [2.45, 2.75) is 13.1 Å². The Morgan fingerprint density at radius 2 is 2.00 bits per heavy atom. The van der Waals surface area contributed by atoms with Gasteiger partial charge in [0.05, 0.1) is 10.7 Å². The van der Waals surface area contributed by atoms with Crippen molar-refractivity contribution in [2.24, 2.45) is 0 Å². The van der Waals surface area contributed by atoms with Crippen LogP contribution in [0.2, 0.25) is 5.02 Å². The van der Waals surface area contributed by atoms with Crippen LogP contribution in [0.5, 0.6) is 0 Å². The standard InChI is InChI=1S/C12H8ClF3N2O/c1-7(19)9-3-2-8(6-10(9)13)18-5-4-11(17-18)12(14,15)16/h2-6H,1H3. The molecule has 3 nitrogen and oxygen atoms in total. The van der Waals surface area contributed by atoms with Crippen LogP contribution in [0.1, 0.15) is 23.0 Å². The van der Waals surface area contributed by atoms with Gasteiger partial charge in [0.1, 0.15) is 0 Å². The third-order valence-corrected chi connectivity index (χ3v) is 2.79. The molecular formula is C12H8ClF3N2O. The fraction of sp³-hybridized carbons (Fsp3) is 0.167. The zero-order chi connectivity index (χ0) is 14.2. The molecule has 0 atom stereocenters. The third-order valence-electron chi connectivity index (χ3n) is 2.48. The van der Waals surface area contributed by atoms with Gasteiger partial charge >= 0.3 is 6.18 Å². The number of alkyl halides is 3. The second kappa shape index (κ2) is 4.70. The second-order valence-electron chi connectivity index (χ2n) is 3.86. The van der Waals surface area contributed by atoms with Gasteiger partial charge in [-0.3, -0.25) is 4.79 Å². The highest BCUT2D eigenvalue weighted by molar-refractivity contribution is 6.34. The number of hydrogen-bond donors (Lipinski definition) is 0. The van der Waals surface area contributed by atoms with Crippen molar-refractivity contribution in [1.29, 1.82) is 0 Å². The van der Waals surface area contributed by atoms with Crippen LogP contribution in [0.25, 0.3) is 5.69 Å². The van der Waals surface area contributed by atoms with Crippen molar-refractivity contribution in [3.8, 4) is 5.69 Å². The van der Waals surface area contributed by atoms with Crippen molar-refractivity contribution < 1.29 is 18.0 Å². The normalized spacial score (nSPS) is 11.6. The summed E-state index contributed by atoms with van der Waals surface area (Å²) in [5.41, 5.74) is -0.321. The predicted octanol–water partition coefficient (Wildman–Crippen LogP) is 3.75. The summed E-state index contributed by atoms with van der Waals surface area (Å²) in [6, 6.07) is 5.20. The fourth-order valence-electron chi connectivity index (χ4n) is 1.55. The molecule has 0 spiro atoms. The molecule has 0 unspecified atom stereocenters. The zero-order valence-electron chi connectivity index (χ0n) is 9.70. The molecule has 0 amide bonds. The van der Waals surface area contributed by atoms with Gasteiger partial charge in [-0.15, -0.1) is 0 Å². The lowest BCUT2D eigenvalue weighted by Gasteiger charge is -2.05. The molecule has 0 fully saturated rings. The Kier molecular flexibility index (Phi) is 3.36. The number of carbonyl (C=O) groups is 1. The zero-order valence-corrected chi connectivity index (χ0v) is 10.5. The highest BCUT2D eigenvalue weighted by atomic mass is 35.5. The van der Waals surface area contributed by atoms with Gasteiger partial charge in [0, 0.05) is 11.8 Å². The summed E-state index contributed by atoms with van der Waals surface area (Å²) in [5.74, 6) is -0.215. The monoisotopic (exact) mass is 288 g/mol. The minimum Gasteiger partial charge on any atom is -0.294 e. The topological polar surface area (TPSA) is 34.9 Å². The summed E-state index contributed by atoms with van der Waals surface area (Å²) in [6.45, 7) is 1.36. The second-order valence-corrected chi connectivity index (χ2v) is 4.27. The Morgan fingerprint density at radius 3 is 2.47 bits per heavy atom. The fourth-order valence-corrected chi connectivity index (χ4v) is 1.86. The molecular weight excluding hydrogens is 281 g/mol. The van der Waals surface area contributed by atoms with Crippen molar-refractivity contribution in [3.05, 3.63) is 46.7 Å². The quantitative estimate of drug-likeness (QED) is 0.789. The maximum Gasteiger partial charge on any atom is 0.435 e. The molecule has 19 heavy (non-hydrogen) atoms. The van der Waals surface area contributed by atoms with Gasteiger partial charge in [0.25, 0.3) is 0 Å². The van der Waals surface area contributed by atoms with Gasteiger partial charge in [0.15, 0.2) is 11.5 Å². The van der Waals surface area contributed by atoms with Gasteiger partial charge in [0.2, 0.25) is 0 Å². The lowest BCUT2D eigenvalue weighted by molar-refractivity contribution is -0.141. The molecule has 2 aromatic rings. The van der Waals surface area contributed by atoms with E-state index in [2.05, 4.69) is 5.10 Å². The van der Waals surface area contributed by atoms with E-state index in [0.717, 1.165) is 10.7 Å². The van der Waals surface area contributed by atoms with E-state index in [1.807, 2.05) is 0 Å². The summed E-state index contributed by atoms with van der Waals surface area (Å²) in [7, 11) is 0. The Bertz CT molecular complexity index is 634. The van der Waals surface area contributed by atoms with Crippen LogP contribution in [0.3, 0.4) is 0 Å². The number of benzene rings is 1. The van der Waals surface area contributed by atoms with Gasteiger partial charge in [-0.1, -0.05) is 11.6 Å². The van der Waals surface area contributed by atoms with E-state index in [9.17, 15) is 18.0 Å². The number of ketones is 1. The highest BCUT2D eigenvalue weighted by Gasteiger charge is 2.33. The maximum absolute atomic E-state index is 12.4. The molecule has 1 heterocycles. The van der Waals surface area contributed by atoms with Gasteiger partial charge < -0.3 is 0 Å². The third kappa shape index (κ3) is 2.78. The largest absolute Gasteiger partial charge is 0.435 e. The van der Waals surface area contributed by atoms with E-state index in [1.165, 1.54) is 31.3 Å². The lowest BCUT2D eigenvalue weighted by atomic mass is 10.1. The first-order valence-corrected chi connectivity index (χ1v) is 5.60. The first-order chi connectivity index (χ1) is 8.79. The molecule has 0 radical (unpaired) electrons. The predicted molar refractivity (Wildman–Crippen MR) is 63.6 cm³/mol. The average molecular weight is 289 g/mol. The SMILES string of the molecule is CC(=O)c1ccc(-n2ccc(C(F)(F)F)n2)cc1Cl. The molecule has 0 N–H and O–H groups in total. The Balaban J connectivity index is 2.40. The lowest BCUT2D eigenvalue weighted by Crippen LogP contribution is -2.07. The molecule has 0 bridgehead atoms. The van der Waals surface area contributed by atoms with E-state index in [0.29, 0.717) is 11.3 Å². The van der Waals surface area contributed by atoms with Crippen molar-refractivity contribution in [2.75, 3.05) is 0 Å². The summed E-state index contributed by atoms with van der Waals surface area (Å²) in [4.78, 5) is 11.2. The van der Waals surface area contributed by atoms with E-state index in [1.54, 1.807) is 0 Å². The summed E-state index contributed by atoms with van der Waals surface area (Å²) in [6.07, 6.45) is -3.31. The van der Waals surface area contributed by atoms with E-state index in [4.69, 9.17) is 11.6 Å². The van der Waals surface area contributed by atoms with Gasteiger partial charge in [-0.25, -0.2) is 4.68 Å². The molecule has 100 valence electrons. The molecule has 7 heteroatoms. The van der Waals surface area contributed by atoms with Crippen molar-refractivity contribution in [3.63, 3.8) is 0 Å². The van der Waals surface area contributed by atoms with Crippen LogP contribution >= 0.6 is 11.6 Å². The van der Waals surface area contributed by atoms with E-state index >= 15 is 0 Å². The number of Topliss-reactive ketones (excluding diaryl/α,β-unsaturated/α-hetero) is 1. The Morgan fingerprint density at radius 1 is 1.32 bits per heavy atom. The van der Waals surface area contributed by atoms with Gasteiger partial charge in [-0.05, 0) is 31.2 Å². The number of halogens is 4. The molecule has 0 aliphatic rings. The molecule has 0 aliphatic heterocycles. The highest BCUT2D eigenvalue weighted by Crippen LogP contribution is 2.28. The first-order valence-electron chi connectivity index (χ1n) is 5.23. The summed E-state index contributed by atoms with van der Waals surface area (Å²) in [5, 5.41) is 3.59. The summed E-state index contributed by atoms with van der Waals surface area (Å²) < 4.78 is 38.3. The van der Waals surface area contributed by atoms with E-state index in [-0.39, 0.29) is 10.8 Å². The van der Waals surface area contributed by atoms with Crippen molar-refractivity contribution in [1.82, 2.24) is 9.78 Å². The van der Waals surface area contributed by atoms with Crippen LogP contribution in [-0.2, 0) is 6.18 Å². The van der Waals surface area contributed by atoms with Crippen molar-refractivity contribution >= 4 is 17.4 Å². The molecule has 2 rings (SSSR count). The van der Waals surface area contributed by atoms with Crippen LogP contribution in [0.4, 0.5) is 13.2 Å². The average Bonchev–Trinajstić information content (AvgIpc) is 2.76. The van der Waals surface area contributed by atoms with E-state index < -0.39 is 11.9 Å².